The number of alkyl halides is 3. The van der Waals surface area contributed by atoms with Crippen molar-refractivity contribution in [3.8, 4) is 0 Å². The van der Waals surface area contributed by atoms with Crippen LogP contribution in [0.1, 0.15) is 24.1 Å². The van der Waals surface area contributed by atoms with Gasteiger partial charge in [-0.25, -0.2) is 13.6 Å². The summed E-state index contributed by atoms with van der Waals surface area (Å²) in [6.07, 6.45) is -3.18. The van der Waals surface area contributed by atoms with Crippen molar-refractivity contribution in [3.63, 3.8) is 0 Å². The van der Waals surface area contributed by atoms with Crippen molar-refractivity contribution < 1.29 is 21.6 Å². The summed E-state index contributed by atoms with van der Waals surface area (Å²) >= 11 is 0. The fraction of sp³-hybridized carbons (Fsp3) is 0.471. The van der Waals surface area contributed by atoms with E-state index in [0.29, 0.717) is 6.54 Å². The number of nitrogens with two attached hydrogens (primary N) is 1. The Bertz CT molecular complexity index is 972. The molecule has 0 amide bonds. The van der Waals surface area contributed by atoms with E-state index in [0.717, 1.165) is 43.0 Å². The van der Waals surface area contributed by atoms with Gasteiger partial charge in [-0.1, -0.05) is 0 Å². The summed E-state index contributed by atoms with van der Waals surface area (Å²) < 4.78 is 64.6. The van der Waals surface area contributed by atoms with E-state index in [-0.39, 0.29) is 11.7 Å². The number of hydrogen-bond donors (Lipinski definition) is 2. The third-order valence-corrected chi connectivity index (χ3v) is 5.65. The summed E-state index contributed by atoms with van der Waals surface area (Å²) in [4.78, 5) is 1.20. The molecule has 3 rings (SSSR count). The van der Waals surface area contributed by atoms with E-state index in [4.69, 9.17) is 5.14 Å². The highest BCUT2D eigenvalue weighted by atomic mass is 32.2. The molecule has 3 N–H and O–H groups in total. The van der Waals surface area contributed by atoms with Gasteiger partial charge in [-0.2, -0.15) is 18.3 Å². The van der Waals surface area contributed by atoms with Crippen LogP contribution in [0.3, 0.4) is 0 Å². The molecule has 2 aromatic rings. The van der Waals surface area contributed by atoms with Crippen molar-refractivity contribution >= 4 is 21.5 Å². The van der Waals surface area contributed by atoms with Crippen LogP contribution in [-0.2, 0) is 23.2 Å². The highest BCUT2D eigenvalue weighted by Crippen LogP contribution is 2.36. The first kappa shape index (κ1) is 20.5. The van der Waals surface area contributed by atoms with Crippen LogP contribution in [0, 0.1) is 6.92 Å². The zero-order valence-electron chi connectivity index (χ0n) is 15.5. The van der Waals surface area contributed by atoms with Gasteiger partial charge in [-0.05, 0) is 38.0 Å². The average Bonchev–Trinajstić information content (AvgIpc) is 2.92. The number of hydrogen-bond acceptors (Lipinski definition) is 5. The molecule has 1 fully saturated rings. The van der Waals surface area contributed by atoms with Gasteiger partial charge >= 0.3 is 6.18 Å². The molecule has 1 aliphatic rings. The summed E-state index contributed by atoms with van der Waals surface area (Å²) in [6.45, 7) is 3.32. The summed E-state index contributed by atoms with van der Waals surface area (Å²) in [7, 11) is -2.63. The van der Waals surface area contributed by atoms with Gasteiger partial charge in [0.25, 0.3) is 0 Å². The Morgan fingerprint density at radius 1 is 1.29 bits per heavy atom. The lowest BCUT2D eigenvalue weighted by Gasteiger charge is -2.35. The van der Waals surface area contributed by atoms with Gasteiger partial charge in [0.15, 0.2) is 0 Å². The van der Waals surface area contributed by atoms with E-state index in [1.165, 1.54) is 6.07 Å². The van der Waals surface area contributed by atoms with Crippen molar-refractivity contribution in [1.29, 1.82) is 0 Å². The fourth-order valence-electron chi connectivity index (χ4n) is 3.52. The molecule has 7 nitrogen and oxygen atoms in total. The minimum absolute atomic E-state index is 0.0922. The molecule has 1 unspecified atom stereocenters. The topological polar surface area (TPSA) is 93.3 Å². The zero-order chi connectivity index (χ0) is 20.7. The number of rotatable bonds is 4. The van der Waals surface area contributed by atoms with Crippen molar-refractivity contribution in [1.82, 2.24) is 9.78 Å². The predicted molar refractivity (Wildman–Crippen MR) is 99.6 cm³/mol. The maximum absolute atomic E-state index is 13.3. The summed E-state index contributed by atoms with van der Waals surface area (Å²) in [5.74, 6) is 0.949. The molecule has 1 aromatic heterocycles. The van der Waals surface area contributed by atoms with Crippen LogP contribution >= 0.6 is 0 Å². The summed E-state index contributed by atoms with van der Waals surface area (Å²) in [5, 5.41) is 12.3. The lowest BCUT2D eigenvalue weighted by molar-refractivity contribution is -0.139. The molecule has 28 heavy (non-hydrogen) atoms. The number of sulfonamides is 1. The van der Waals surface area contributed by atoms with Gasteiger partial charge < -0.3 is 10.2 Å². The number of nitrogens with one attached hydrogen (secondary N) is 1. The van der Waals surface area contributed by atoms with Crippen LogP contribution in [0.4, 0.5) is 24.7 Å². The van der Waals surface area contributed by atoms with Gasteiger partial charge in [0.1, 0.15) is 5.82 Å². The first-order valence-electron chi connectivity index (χ1n) is 8.71. The molecule has 1 atom stereocenters. The SMILES string of the molecule is Cc1cc(N2CCCC(Nc3ccc(S(N)(=O)=O)c(C(F)(F)F)c3)C2)n(C)n1. The number of benzene rings is 1. The van der Waals surface area contributed by atoms with E-state index >= 15 is 0 Å². The lowest BCUT2D eigenvalue weighted by atomic mass is 10.0. The summed E-state index contributed by atoms with van der Waals surface area (Å²) in [5.41, 5.74) is -0.177. The van der Waals surface area contributed by atoms with Crippen molar-refractivity contribution in [2.45, 2.75) is 36.9 Å². The molecule has 1 aliphatic heterocycles. The third kappa shape index (κ3) is 4.41. The first-order chi connectivity index (χ1) is 12.9. The van der Waals surface area contributed by atoms with E-state index in [9.17, 15) is 21.6 Å². The average molecular weight is 417 g/mol. The minimum Gasteiger partial charge on any atom is -0.381 e. The van der Waals surface area contributed by atoms with Gasteiger partial charge in [0.2, 0.25) is 10.0 Å². The van der Waals surface area contributed by atoms with E-state index < -0.39 is 26.7 Å². The van der Waals surface area contributed by atoms with Crippen molar-refractivity contribution in [2.75, 3.05) is 23.3 Å². The summed E-state index contributed by atoms with van der Waals surface area (Å²) in [6, 6.07) is 4.87. The van der Waals surface area contributed by atoms with Gasteiger partial charge in [-0.3, -0.25) is 4.68 Å². The standard InChI is InChI=1S/C17H22F3N5O2S/c1-11-8-16(24(2)23-11)25-7-3-4-13(10-25)22-12-5-6-15(28(21,26)27)14(9-12)17(18,19)20/h5-6,8-9,13,22H,3-4,7,10H2,1-2H3,(H2,21,26,27). The monoisotopic (exact) mass is 417 g/mol. The highest BCUT2D eigenvalue weighted by Gasteiger charge is 2.37. The number of anilines is 2. The van der Waals surface area contributed by atoms with Crippen LogP contribution < -0.4 is 15.4 Å². The predicted octanol–water partition coefficient (Wildman–Crippen LogP) is 2.48. The lowest BCUT2D eigenvalue weighted by Crippen LogP contribution is -2.43. The van der Waals surface area contributed by atoms with Gasteiger partial charge in [0, 0.05) is 37.9 Å². The van der Waals surface area contributed by atoms with Crippen LogP contribution in [0.2, 0.25) is 0 Å². The smallest absolute Gasteiger partial charge is 0.381 e. The minimum atomic E-state index is -4.83. The van der Waals surface area contributed by atoms with Crippen LogP contribution in [0.15, 0.2) is 29.2 Å². The molecule has 0 spiro atoms. The maximum Gasteiger partial charge on any atom is 0.417 e. The molecule has 154 valence electrons. The van der Waals surface area contributed by atoms with Crippen LogP contribution in [0.5, 0.6) is 0 Å². The Morgan fingerprint density at radius 2 is 2.00 bits per heavy atom. The fourth-order valence-corrected chi connectivity index (χ4v) is 4.26. The van der Waals surface area contributed by atoms with Crippen LogP contribution in [0.25, 0.3) is 0 Å². The number of halogens is 3. The third-order valence-electron chi connectivity index (χ3n) is 4.68. The Labute approximate surface area is 161 Å². The number of aryl methyl sites for hydroxylation is 2. The Hall–Kier alpha value is -2.27. The number of aromatic nitrogens is 2. The molecule has 0 bridgehead atoms. The van der Waals surface area contributed by atoms with Crippen molar-refractivity contribution in [3.05, 3.63) is 35.5 Å². The molecular formula is C17H22F3N5O2S. The van der Waals surface area contributed by atoms with Gasteiger partial charge in [-0.15, -0.1) is 0 Å². The molecule has 2 heterocycles. The maximum atomic E-state index is 13.3. The van der Waals surface area contributed by atoms with Crippen LogP contribution in [-0.4, -0.2) is 37.3 Å². The second-order valence-corrected chi connectivity index (χ2v) is 8.48. The quantitative estimate of drug-likeness (QED) is 0.797. The normalized spacial score (nSPS) is 18.4. The zero-order valence-corrected chi connectivity index (χ0v) is 16.3. The molecule has 0 aliphatic carbocycles. The molecule has 0 saturated carbocycles. The first-order valence-corrected chi connectivity index (χ1v) is 10.3. The Kier molecular flexibility index (Phi) is 5.32. The van der Waals surface area contributed by atoms with E-state index in [1.54, 1.807) is 4.68 Å². The molecular weight excluding hydrogens is 395 g/mol. The van der Waals surface area contributed by atoms with Gasteiger partial charge in [0.05, 0.1) is 16.2 Å². The number of primary sulfonamides is 1. The largest absolute Gasteiger partial charge is 0.417 e. The number of nitrogens with zero attached hydrogens (tertiary/aromatic N) is 3. The number of piperidine rings is 1. The molecule has 11 heteroatoms. The molecule has 1 saturated heterocycles. The van der Waals surface area contributed by atoms with Crippen molar-refractivity contribution in [2.24, 2.45) is 12.2 Å². The highest BCUT2D eigenvalue weighted by molar-refractivity contribution is 7.89. The molecule has 0 radical (unpaired) electrons. The van der Waals surface area contributed by atoms with E-state index in [1.807, 2.05) is 20.0 Å². The Morgan fingerprint density at radius 3 is 2.57 bits per heavy atom. The second kappa shape index (κ2) is 7.28. The van der Waals surface area contributed by atoms with E-state index in [2.05, 4.69) is 15.3 Å². The second-order valence-electron chi connectivity index (χ2n) is 6.95. The molecule has 1 aromatic carbocycles. The Balaban J connectivity index is 1.82.